The van der Waals surface area contributed by atoms with E-state index in [2.05, 4.69) is 22.4 Å². The molecule has 7 heteroatoms. The molecule has 0 aromatic carbocycles. The molecule has 2 rings (SSSR count). The van der Waals surface area contributed by atoms with Crippen molar-refractivity contribution >= 4 is 6.03 Å². The van der Waals surface area contributed by atoms with Crippen LogP contribution in [-0.4, -0.2) is 63.8 Å². The number of hydrogen-bond donors (Lipinski definition) is 1. The van der Waals surface area contributed by atoms with Crippen molar-refractivity contribution in [2.75, 3.05) is 27.2 Å². The topological polar surface area (TPSA) is 66.3 Å². The number of carbonyl (C=O) groups excluding carboxylic acids is 1. The van der Waals surface area contributed by atoms with Crippen molar-refractivity contribution in [1.82, 2.24) is 29.9 Å². The molecule has 0 bridgehead atoms. The van der Waals surface area contributed by atoms with Gasteiger partial charge in [-0.15, -0.1) is 10.2 Å². The lowest BCUT2D eigenvalue weighted by Crippen LogP contribution is -2.48. The largest absolute Gasteiger partial charge is 0.331 e. The highest BCUT2D eigenvalue weighted by atomic mass is 16.2. The van der Waals surface area contributed by atoms with Crippen LogP contribution in [0.15, 0.2) is 6.33 Å². The van der Waals surface area contributed by atoms with Gasteiger partial charge in [-0.2, -0.15) is 0 Å². The normalized spacial score (nSPS) is 16.4. The molecule has 112 valence electrons. The number of carbonyl (C=O) groups is 1. The Morgan fingerprint density at radius 2 is 2.15 bits per heavy atom. The van der Waals surface area contributed by atoms with Crippen molar-refractivity contribution in [3.63, 3.8) is 0 Å². The lowest BCUT2D eigenvalue weighted by Gasteiger charge is -2.34. The number of aromatic nitrogens is 3. The Balaban J connectivity index is 1.76. The second-order valence-corrected chi connectivity index (χ2v) is 5.35. The quantitative estimate of drug-likeness (QED) is 0.874. The number of amides is 2. The number of piperidine rings is 1. The predicted molar refractivity (Wildman–Crippen MR) is 76.2 cm³/mol. The number of nitrogens with one attached hydrogen (secondary N) is 1. The third-order valence-corrected chi connectivity index (χ3v) is 3.73. The second-order valence-electron chi connectivity index (χ2n) is 5.35. The molecule has 1 aromatic heterocycles. The zero-order valence-corrected chi connectivity index (χ0v) is 12.5. The van der Waals surface area contributed by atoms with Gasteiger partial charge < -0.3 is 19.7 Å². The molecule has 0 saturated carbocycles. The van der Waals surface area contributed by atoms with E-state index < -0.39 is 0 Å². The summed E-state index contributed by atoms with van der Waals surface area (Å²) in [6.07, 6.45) is 3.73. The molecule has 1 aromatic rings. The molecule has 1 fully saturated rings. The Bertz CT molecular complexity index is 436. The van der Waals surface area contributed by atoms with E-state index in [1.54, 1.807) is 25.3 Å². The van der Waals surface area contributed by atoms with E-state index >= 15 is 0 Å². The Kier molecular flexibility index (Phi) is 4.94. The smallest absolute Gasteiger partial charge is 0.319 e. The first-order valence-corrected chi connectivity index (χ1v) is 7.18. The minimum absolute atomic E-state index is 0.106. The van der Waals surface area contributed by atoms with Gasteiger partial charge in [0, 0.05) is 39.8 Å². The molecular formula is C13H24N6O. The summed E-state index contributed by atoms with van der Waals surface area (Å²) in [5, 5.41) is 11.6. The second kappa shape index (κ2) is 6.69. The number of aryl methyl sites for hydroxylation is 1. The van der Waals surface area contributed by atoms with E-state index in [9.17, 15) is 4.79 Å². The summed E-state index contributed by atoms with van der Waals surface area (Å²) >= 11 is 0. The molecule has 20 heavy (non-hydrogen) atoms. The van der Waals surface area contributed by atoms with Crippen LogP contribution < -0.4 is 5.32 Å². The molecule has 1 saturated heterocycles. The molecule has 0 unspecified atom stereocenters. The van der Waals surface area contributed by atoms with Crippen LogP contribution in [0.3, 0.4) is 0 Å². The van der Waals surface area contributed by atoms with Crippen LogP contribution in [-0.2, 0) is 13.1 Å². The number of hydrogen-bond acceptors (Lipinski definition) is 4. The first-order chi connectivity index (χ1) is 9.61. The summed E-state index contributed by atoms with van der Waals surface area (Å²) in [7, 11) is 3.59. The van der Waals surface area contributed by atoms with Crippen molar-refractivity contribution < 1.29 is 4.79 Å². The third-order valence-electron chi connectivity index (χ3n) is 3.73. The highest BCUT2D eigenvalue weighted by Gasteiger charge is 2.23. The first kappa shape index (κ1) is 14.8. The van der Waals surface area contributed by atoms with E-state index in [0.717, 1.165) is 44.8 Å². The number of nitrogens with zero attached hydrogens (tertiary/aromatic N) is 5. The molecule has 1 aliphatic heterocycles. The summed E-state index contributed by atoms with van der Waals surface area (Å²) < 4.78 is 2.04. The van der Waals surface area contributed by atoms with Crippen LogP contribution in [0.4, 0.5) is 4.79 Å². The summed E-state index contributed by atoms with van der Waals surface area (Å²) in [4.78, 5) is 15.4. The third kappa shape index (κ3) is 3.47. The molecule has 2 heterocycles. The van der Waals surface area contributed by atoms with Gasteiger partial charge in [0.05, 0.1) is 6.54 Å². The zero-order chi connectivity index (χ0) is 14.5. The van der Waals surface area contributed by atoms with Crippen LogP contribution in [0.25, 0.3) is 0 Å². The minimum atomic E-state index is 0.106. The van der Waals surface area contributed by atoms with Crippen LogP contribution >= 0.6 is 0 Å². The average Bonchev–Trinajstić information content (AvgIpc) is 2.92. The zero-order valence-electron chi connectivity index (χ0n) is 12.5. The van der Waals surface area contributed by atoms with E-state index in [-0.39, 0.29) is 6.03 Å². The fraction of sp³-hybridized carbons (Fsp3) is 0.769. The van der Waals surface area contributed by atoms with Crippen molar-refractivity contribution in [2.45, 2.75) is 38.9 Å². The van der Waals surface area contributed by atoms with Crippen LogP contribution in [0, 0.1) is 0 Å². The Labute approximate surface area is 119 Å². The van der Waals surface area contributed by atoms with E-state index in [4.69, 9.17) is 0 Å². The molecule has 0 atom stereocenters. The van der Waals surface area contributed by atoms with Crippen molar-refractivity contribution in [3.05, 3.63) is 12.2 Å². The molecule has 2 amide bonds. The van der Waals surface area contributed by atoms with Crippen molar-refractivity contribution in [2.24, 2.45) is 0 Å². The Morgan fingerprint density at radius 1 is 1.45 bits per heavy atom. The van der Waals surface area contributed by atoms with Gasteiger partial charge in [-0.3, -0.25) is 0 Å². The molecule has 0 radical (unpaired) electrons. The van der Waals surface area contributed by atoms with Gasteiger partial charge in [0.1, 0.15) is 12.2 Å². The maximum absolute atomic E-state index is 11.8. The van der Waals surface area contributed by atoms with Gasteiger partial charge in [0.2, 0.25) is 0 Å². The molecule has 7 nitrogen and oxygen atoms in total. The van der Waals surface area contributed by atoms with Gasteiger partial charge in [-0.05, 0) is 19.8 Å². The number of rotatable bonds is 4. The van der Waals surface area contributed by atoms with Crippen LogP contribution in [0.5, 0.6) is 0 Å². The summed E-state index contributed by atoms with van der Waals surface area (Å²) in [5.41, 5.74) is 0. The fourth-order valence-corrected chi connectivity index (χ4v) is 2.47. The van der Waals surface area contributed by atoms with E-state index in [1.165, 1.54) is 0 Å². The summed E-state index contributed by atoms with van der Waals surface area (Å²) in [6.45, 7) is 5.34. The minimum Gasteiger partial charge on any atom is -0.331 e. The lowest BCUT2D eigenvalue weighted by molar-refractivity contribution is 0.152. The van der Waals surface area contributed by atoms with Crippen LogP contribution in [0.2, 0.25) is 0 Å². The van der Waals surface area contributed by atoms with Gasteiger partial charge in [0.15, 0.2) is 0 Å². The van der Waals surface area contributed by atoms with Crippen LogP contribution in [0.1, 0.15) is 25.6 Å². The molecule has 0 spiro atoms. The van der Waals surface area contributed by atoms with Crippen molar-refractivity contribution in [3.8, 4) is 0 Å². The Hall–Kier alpha value is -1.63. The highest BCUT2D eigenvalue weighted by molar-refractivity contribution is 5.73. The molecule has 1 N–H and O–H groups in total. The number of urea groups is 1. The summed E-state index contributed by atoms with van der Waals surface area (Å²) in [6, 6.07) is 0.553. The van der Waals surface area contributed by atoms with E-state index in [1.807, 2.05) is 9.47 Å². The standard InChI is InChI=1S/C13H24N6O/c1-4-18-10-15-16-12(18)9-14-11-5-7-19(8-6-11)13(20)17(2)3/h10-11,14H,4-9H2,1-3H3. The van der Waals surface area contributed by atoms with Gasteiger partial charge in [-0.1, -0.05) is 0 Å². The maximum atomic E-state index is 11.8. The monoisotopic (exact) mass is 280 g/mol. The first-order valence-electron chi connectivity index (χ1n) is 7.18. The lowest BCUT2D eigenvalue weighted by atomic mass is 10.1. The molecule has 1 aliphatic rings. The molecule has 0 aliphatic carbocycles. The Morgan fingerprint density at radius 3 is 2.75 bits per heavy atom. The molecular weight excluding hydrogens is 256 g/mol. The van der Waals surface area contributed by atoms with Gasteiger partial charge in [0.25, 0.3) is 0 Å². The van der Waals surface area contributed by atoms with Crippen molar-refractivity contribution in [1.29, 1.82) is 0 Å². The maximum Gasteiger partial charge on any atom is 0.319 e. The predicted octanol–water partition coefficient (Wildman–Crippen LogP) is 0.534. The van der Waals surface area contributed by atoms with E-state index in [0.29, 0.717) is 6.04 Å². The van der Waals surface area contributed by atoms with Gasteiger partial charge >= 0.3 is 6.03 Å². The number of likely N-dealkylation sites (tertiary alicyclic amines) is 1. The SMILES string of the molecule is CCn1cnnc1CNC1CCN(C(=O)N(C)C)CC1. The highest BCUT2D eigenvalue weighted by Crippen LogP contribution is 2.12. The summed E-state index contributed by atoms with van der Waals surface area (Å²) in [5.74, 6) is 0.972. The fourth-order valence-electron chi connectivity index (χ4n) is 2.47. The van der Waals surface area contributed by atoms with Gasteiger partial charge in [-0.25, -0.2) is 4.79 Å². The average molecular weight is 280 g/mol.